The van der Waals surface area contributed by atoms with E-state index in [1.54, 1.807) is 0 Å². The number of carbonyl (C=O) groups is 2. The second-order valence-corrected chi connectivity index (χ2v) is 11.2. The van der Waals surface area contributed by atoms with Crippen LogP contribution in [-0.2, 0) is 9.53 Å². The van der Waals surface area contributed by atoms with E-state index in [9.17, 15) is 9.59 Å². The van der Waals surface area contributed by atoms with E-state index in [0.717, 1.165) is 35.4 Å². The first kappa shape index (κ1) is 21.4. The molecule has 0 spiro atoms. The van der Waals surface area contributed by atoms with Crippen molar-refractivity contribution in [3.8, 4) is 0 Å². The molecule has 3 aliphatic carbocycles. The van der Waals surface area contributed by atoms with Gasteiger partial charge in [-0.05, 0) is 43.1 Å². The molecule has 4 aliphatic rings. The molecule has 0 radical (unpaired) electrons. The molecule has 2 bridgehead atoms. The summed E-state index contributed by atoms with van der Waals surface area (Å²) in [5, 5.41) is 3.42. The first-order chi connectivity index (χ1) is 16.2. The molecule has 4 heteroatoms. The molecule has 0 amide bonds. The molecule has 6 rings (SSSR count). The SMILES string of the molecule is CC1=C(C(=O)O[C@H]2C[C@H]3CC[C@@]2(C)C3(C)C)[C@@H](c2ccccc2)C2=C(N1)c1ccccc1C2=O. The van der Waals surface area contributed by atoms with E-state index in [-0.39, 0.29) is 28.7 Å². The molecule has 2 saturated carbocycles. The van der Waals surface area contributed by atoms with Crippen LogP contribution in [0.3, 0.4) is 0 Å². The fourth-order valence-corrected chi connectivity index (χ4v) is 7.08. The third-order valence-corrected chi connectivity index (χ3v) is 9.56. The number of hydrogen-bond acceptors (Lipinski definition) is 4. The summed E-state index contributed by atoms with van der Waals surface area (Å²) < 4.78 is 6.34. The number of benzene rings is 2. The summed E-state index contributed by atoms with van der Waals surface area (Å²) in [4.78, 5) is 27.5. The maximum atomic E-state index is 13.9. The number of allylic oxidation sites excluding steroid dienone is 2. The molecule has 0 saturated heterocycles. The van der Waals surface area contributed by atoms with Gasteiger partial charge >= 0.3 is 5.97 Å². The second kappa shape index (κ2) is 7.18. The average molecular weight is 454 g/mol. The number of ketones is 1. The minimum absolute atomic E-state index is 0.0160. The van der Waals surface area contributed by atoms with Crippen LogP contribution in [0.1, 0.15) is 74.4 Å². The van der Waals surface area contributed by atoms with Crippen LogP contribution < -0.4 is 5.32 Å². The quantitative estimate of drug-likeness (QED) is 0.578. The van der Waals surface area contributed by atoms with Crippen molar-refractivity contribution in [2.24, 2.45) is 16.7 Å². The number of Topliss-reactive ketones (excluding diaryl/α,β-unsaturated/α-hetero) is 1. The molecule has 1 heterocycles. The summed E-state index contributed by atoms with van der Waals surface area (Å²) in [6.07, 6.45) is 3.11. The highest BCUT2D eigenvalue weighted by Crippen LogP contribution is 2.66. The highest BCUT2D eigenvalue weighted by atomic mass is 16.5. The number of nitrogens with one attached hydrogen (secondary N) is 1. The van der Waals surface area contributed by atoms with Crippen LogP contribution in [-0.4, -0.2) is 17.9 Å². The Kier molecular flexibility index (Phi) is 4.52. The summed E-state index contributed by atoms with van der Waals surface area (Å²) in [7, 11) is 0. The Balaban J connectivity index is 1.41. The lowest BCUT2D eigenvalue weighted by Crippen LogP contribution is -2.39. The lowest BCUT2D eigenvalue weighted by atomic mass is 9.70. The van der Waals surface area contributed by atoms with Gasteiger partial charge in [0.05, 0.1) is 11.3 Å². The van der Waals surface area contributed by atoms with Crippen molar-refractivity contribution in [1.29, 1.82) is 0 Å². The van der Waals surface area contributed by atoms with Gasteiger partial charge in [-0.2, -0.15) is 0 Å². The standard InChI is InChI=1S/C30H31NO3/c1-17-23(28(33)34-22-16-19-14-15-30(22,4)29(19,2)3)24(18-10-6-5-7-11-18)25-26(31-17)20-12-8-9-13-21(20)27(25)32/h5-13,19,22,24,31H,14-16H2,1-4H3/t19-,22+,24-,30-/m1/s1. The predicted molar refractivity (Wildman–Crippen MR) is 132 cm³/mol. The van der Waals surface area contributed by atoms with E-state index < -0.39 is 5.92 Å². The third kappa shape index (κ3) is 2.71. The van der Waals surface area contributed by atoms with Crippen molar-refractivity contribution >= 4 is 17.4 Å². The van der Waals surface area contributed by atoms with Gasteiger partial charge in [-0.25, -0.2) is 4.79 Å². The summed E-state index contributed by atoms with van der Waals surface area (Å²) in [6, 6.07) is 17.5. The summed E-state index contributed by atoms with van der Waals surface area (Å²) in [6.45, 7) is 8.85. The zero-order valence-corrected chi connectivity index (χ0v) is 20.3. The topological polar surface area (TPSA) is 55.4 Å². The highest BCUT2D eigenvalue weighted by molar-refractivity contribution is 6.23. The van der Waals surface area contributed by atoms with Gasteiger partial charge in [-0.1, -0.05) is 75.4 Å². The number of carbonyl (C=O) groups excluding carboxylic acids is 2. The monoisotopic (exact) mass is 453 g/mol. The van der Waals surface area contributed by atoms with Gasteiger partial charge in [0.1, 0.15) is 6.10 Å². The molecule has 2 fully saturated rings. The molecule has 1 aliphatic heterocycles. The zero-order chi connectivity index (χ0) is 23.8. The molecule has 4 atom stereocenters. The fourth-order valence-electron chi connectivity index (χ4n) is 7.08. The molecule has 2 aromatic carbocycles. The third-order valence-electron chi connectivity index (χ3n) is 9.56. The maximum absolute atomic E-state index is 13.9. The smallest absolute Gasteiger partial charge is 0.337 e. The summed E-state index contributed by atoms with van der Waals surface area (Å²) in [5.41, 5.74) is 5.43. The number of esters is 1. The molecular formula is C30H31NO3. The molecule has 2 aromatic rings. The molecule has 34 heavy (non-hydrogen) atoms. The minimum atomic E-state index is -0.454. The van der Waals surface area contributed by atoms with Gasteiger partial charge in [-0.15, -0.1) is 0 Å². The predicted octanol–water partition coefficient (Wildman–Crippen LogP) is 6.01. The van der Waals surface area contributed by atoms with Gasteiger partial charge in [0, 0.05) is 33.7 Å². The van der Waals surface area contributed by atoms with Gasteiger partial charge in [-0.3, -0.25) is 4.79 Å². The van der Waals surface area contributed by atoms with Crippen LogP contribution in [0.4, 0.5) is 0 Å². The van der Waals surface area contributed by atoms with Crippen LogP contribution in [0, 0.1) is 16.7 Å². The van der Waals surface area contributed by atoms with Crippen LogP contribution in [0.15, 0.2) is 71.4 Å². The van der Waals surface area contributed by atoms with Crippen molar-refractivity contribution in [2.45, 2.75) is 59.0 Å². The number of fused-ring (bicyclic) bond motifs is 4. The lowest BCUT2D eigenvalue weighted by Gasteiger charge is -2.39. The highest BCUT2D eigenvalue weighted by Gasteiger charge is 2.63. The van der Waals surface area contributed by atoms with Crippen LogP contribution in [0.2, 0.25) is 0 Å². The Hall–Kier alpha value is -3.14. The van der Waals surface area contributed by atoms with Crippen molar-refractivity contribution in [2.75, 3.05) is 0 Å². The normalized spacial score (nSPS) is 30.8. The Morgan fingerprint density at radius 3 is 2.32 bits per heavy atom. The summed E-state index contributed by atoms with van der Waals surface area (Å²) >= 11 is 0. The van der Waals surface area contributed by atoms with Crippen LogP contribution in [0.5, 0.6) is 0 Å². The van der Waals surface area contributed by atoms with E-state index in [4.69, 9.17) is 4.74 Å². The number of dihydropyridines is 1. The molecule has 1 N–H and O–H groups in total. The van der Waals surface area contributed by atoms with Crippen molar-refractivity contribution < 1.29 is 14.3 Å². The fraction of sp³-hybridized carbons (Fsp3) is 0.400. The molecule has 174 valence electrons. The zero-order valence-electron chi connectivity index (χ0n) is 20.3. The first-order valence-corrected chi connectivity index (χ1v) is 12.4. The Bertz CT molecular complexity index is 1290. The largest absolute Gasteiger partial charge is 0.458 e. The molecular weight excluding hydrogens is 422 g/mol. The van der Waals surface area contributed by atoms with E-state index >= 15 is 0 Å². The van der Waals surface area contributed by atoms with Gasteiger partial charge in [0.15, 0.2) is 5.78 Å². The summed E-state index contributed by atoms with van der Waals surface area (Å²) in [5.74, 6) is -0.189. The second-order valence-electron chi connectivity index (χ2n) is 11.2. The van der Waals surface area contributed by atoms with E-state index in [1.807, 2.05) is 61.5 Å². The van der Waals surface area contributed by atoms with Crippen molar-refractivity contribution in [1.82, 2.24) is 5.32 Å². The maximum Gasteiger partial charge on any atom is 0.337 e. The average Bonchev–Trinajstić information content (AvgIpc) is 3.31. The number of hydrogen-bond donors (Lipinski definition) is 1. The number of ether oxygens (including phenoxy) is 1. The van der Waals surface area contributed by atoms with E-state index in [1.165, 1.54) is 6.42 Å². The Labute approximate surface area is 201 Å². The van der Waals surface area contributed by atoms with Crippen molar-refractivity contribution in [3.05, 3.63) is 88.1 Å². The Morgan fingerprint density at radius 1 is 1.00 bits per heavy atom. The van der Waals surface area contributed by atoms with E-state index in [0.29, 0.717) is 22.6 Å². The lowest BCUT2D eigenvalue weighted by molar-refractivity contribution is -0.152. The molecule has 4 nitrogen and oxygen atoms in total. The Morgan fingerprint density at radius 2 is 1.68 bits per heavy atom. The first-order valence-electron chi connectivity index (χ1n) is 12.4. The van der Waals surface area contributed by atoms with E-state index in [2.05, 4.69) is 26.1 Å². The van der Waals surface area contributed by atoms with Crippen LogP contribution >= 0.6 is 0 Å². The van der Waals surface area contributed by atoms with Gasteiger partial charge in [0.2, 0.25) is 0 Å². The molecule has 0 unspecified atom stereocenters. The van der Waals surface area contributed by atoms with Crippen LogP contribution in [0.25, 0.3) is 5.70 Å². The number of rotatable bonds is 3. The van der Waals surface area contributed by atoms with Gasteiger partial charge < -0.3 is 10.1 Å². The minimum Gasteiger partial charge on any atom is -0.458 e. The van der Waals surface area contributed by atoms with Crippen molar-refractivity contribution in [3.63, 3.8) is 0 Å². The molecule has 0 aromatic heterocycles. The van der Waals surface area contributed by atoms with Gasteiger partial charge in [0.25, 0.3) is 0 Å².